The molecule has 0 saturated heterocycles. The lowest BCUT2D eigenvalue weighted by molar-refractivity contribution is 0.0381. The Morgan fingerprint density at radius 3 is 2.36 bits per heavy atom. The largest absolute Gasteiger partial charge is 0.382 e. The average molecular weight is 170 g/mol. The molecule has 0 N–H and O–H groups in total. The van der Waals surface area contributed by atoms with E-state index in [0.29, 0.717) is 19.6 Å². The van der Waals surface area contributed by atoms with Gasteiger partial charge in [-0.25, -0.2) is 13.2 Å². The Balaban J connectivity index is 3.10. The highest BCUT2D eigenvalue weighted by molar-refractivity contribution is 4.57. The molecule has 0 bridgehead atoms. The van der Waals surface area contributed by atoms with Crippen LogP contribution >= 0.6 is 0 Å². The van der Waals surface area contributed by atoms with Crippen LogP contribution < -0.4 is 0 Å². The highest BCUT2D eigenvalue weighted by atomic mass is 19.3. The first kappa shape index (κ1) is 10.8. The van der Waals surface area contributed by atoms with E-state index in [1.165, 1.54) is 0 Å². The third-order valence-corrected chi connectivity index (χ3v) is 1.25. The molecule has 11 heavy (non-hydrogen) atoms. The van der Waals surface area contributed by atoms with Crippen LogP contribution in [-0.2, 0) is 4.74 Å². The van der Waals surface area contributed by atoms with Crippen LogP contribution in [-0.4, -0.2) is 25.8 Å². The first-order valence-corrected chi connectivity index (χ1v) is 3.68. The summed E-state index contributed by atoms with van der Waals surface area (Å²) < 4.78 is 40.0. The van der Waals surface area contributed by atoms with Crippen molar-refractivity contribution in [2.24, 2.45) is 0 Å². The summed E-state index contributed by atoms with van der Waals surface area (Å²) in [5.41, 5.74) is 0. The van der Waals surface area contributed by atoms with Crippen LogP contribution in [0.15, 0.2) is 0 Å². The van der Waals surface area contributed by atoms with E-state index in [0.717, 1.165) is 0 Å². The fourth-order valence-corrected chi connectivity index (χ4v) is 0.651. The number of hydrogen-bond acceptors (Lipinski definition) is 1. The minimum Gasteiger partial charge on any atom is -0.382 e. The molecule has 0 aromatic heterocycles. The summed E-state index contributed by atoms with van der Waals surface area (Å²) in [7, 11) is 0. The van der Waals surface area contributed by atoms with E-state index >= 15 is 0 Å². The van der Waals surface area contributed by atoms with Crippen molar-refractivity contribution in [1.82, 2.24) is 0 Å². The second-order valence-electron chi connectivity index (χ2n) is 2.19. The number of halogens is 3. The summed E-state index contributed by atoms with van der Waals surface area (Å²) in [4.78, 5) is 0. The van der Waals surface area contributed by atoms with Crippen molar-refractivity contribution in [2.45, 2.75) is 32.4 Å². The topological polar surface area (TPSA) is 9.23 Å². The standard InChI is InChI=1S/C7H13F3O/c1-2-11-5-3-4-6(8)7(9)10/h6-7H,2-5H2,1H3. The molecule has 1 unspecified atom stereocenters. The Labute approximate surface area is 64.5 Å². The van der Waals surface area contributed by atoms with Gasteiger partial charge in [-0.2, -0.15) is 0 Å². The van der Waals surface area contributed by atoms with Crippen molar-refractivity contribution in [3.63, 3.8) is 0 Å². The Bertz CT molecular complexity index is 87.8. The minimum absolute atomic E-state index is 0.113. The van der Waals surface area contributed by atoms with Crippen LogP contribution in [0.25, 0.3) is 0 Å². The fourth-order valence-electron chi connectivity index (χ4n) is 0.651. The lowest BCUT2D eigenvalue weighted by Crippen LogP contribution is -2.12. The summed E-state index contributed by atoms with van der Waals surface area (Å²) in [5.74, 6) is 0. The number of hydrogen-bond donors (Lipinski definition) is 0. The molecule has 0 radical (unpaired) electrons. The van der Waals surface area contributed by atoms with Crippen molar-refractivity contribution in [3.05, 3.63) is 0 Å². The number of alkyl halides is 3. The van der Waals surface area contributed by atoms with Gasteiger partial charge in [-0.1, -0.05) is 0 Å². The zero-order valence-electron chi connectivity index (χ0n) is 6.53. The molecule has 0 aliphatic rings. The Kier molecular flexibility index (Phi) is 6.31. The van der Waals surface area contributed by atoms with Gasteiger partial charge >= 0.3 is 0 Å². The second-order valence-corrected chi connectivity index (χ2v) is 2.19. The van der Waals surface area contributed by atoms with E-state index in [4.69, 9.17) is 4.74 Å². The van der Waals surface area contributed by atoms with Crippen molar-refractivity contribution >= 4 is 0 Å². The van der Waals surface area contributed by atoms with Crippen molar-refractivity contribution in [1.29, 1.82) is 0 Å². The molecule has 0 aliphatic heterocycles. The van der Waals surface area contributed by atoms with Gasteiger partial charge in [0.2, 0.25) is 0 Å². The highest BCUT2D eigenvalue weighted by Gasteiger charge is 2.17. The molecule has 0 amide bonds. The third-order valence-electron chi connectivity index (χ3n) is 1.25. The smallest absolute Gasteiger partial charge is 0.269 e. The van der Waals surface area contributed by atoms with Gasteiger partial charge < -0.3 is 4.74 Å². The molecular formula is C7H13F3O. The maximum Gasteiger partial charge on any atom is 0.269 e. The summed E-state index contributed by atoms with van der Waals surface area (Å²) in [6.45, 7) is 2.72. The van der Waals surface area contributed by atoms with E-state index in [9.17, 15) is 13.2 Å². The van der Waals surface area contributed by atoms with Gasteiger partial charge in [0.15, 0.2) is 6.17 Å². The van der Waals surface area contributed by atoms with Crippen molar-refractivity contribution in [2.75, 3.05) is 13.2 Å². The zero-order chi connectivity index (χ0) is 8.69. The molecule has 0 aromatic rings. The van der Waals surface area contributed by atoms with Crippen LogP contribution in [0, 0.1) is 0 Å². The molecule has 1 atom stereocenters. The average Bonchev–Trinajstić information content (AvgIpc) is 1.97. The van der Waals surface area contributed by atoms with Gasteiger partial charge in [-0.3, -0.25) is 0 Å². The maximum absolute atomic E-state index is 12.1. The number of rotatable bonds is 6. The van der Waals surface area contributed by atoms with Gasteiger partial charge in [-0.05, 0) is 19.8 Å². The monoisotopic (exact) mass is 170 g/mol. The molecule has 0 rings (SSSR count). The number of ether oxygens (including phenoxy) is 1. The molecule has 0 aromatic carbocycles. The first-order chi connectivity index (χ1) is 5.18. The van der Waals surface area contributed by atoms with Crippen LogP contribution in [0.1, 0.15) is 19.8 Å². The van der Waals surface area contributed by atoms with Crippen LogP contribution in [0.4, 0.5) is 13.2 Å². The van der Waals surface area contributed by atoms with E-state index in [1.807, 2.05) is 0 Å². The van der Waals surface area contributed by atoms with Crippen LogP contribution in [0.5, 0.6) is 0 Å². The minimum atomic E-state index is -2.85. The molecule has 4 heteroatoms. The van der Waals surface area contributed by atoms with E-state index in [-0.39, 0.29) is 6.42 Å². The van der Waals surface area contributed by atoms with Gasteiger partial charge in [0.25, 0.3) is 6.43 Å². The quantitative estimate of drug-likeness (QED) is 0.556. The molecule has 0 fully saturated rings. The molecule has 0 heterocycles. The van der Waals surface area contributed by atoms with Crippen molar-refractivity contribution in [3.8, 4) is 0 Å². The maximum atomic E-state index is 12.1. The van der Waals surface area contributed by atoms with E-state index in [1.54, 1.807) is 6.92 Å². The van der Waals surface area contributed by atoms with Crippen LogP contribution in [0.3, 0.4) is 0 Å². The third kappa shape index (κ3) is 6.16. The van der Waals surface area contributed by atoms with Crippen LogP contribution in [0.2, 0.25) is 0 Å². The molecule has 0 spiro atoms. The lowest BCUT2D eigenvalue weighted by Gasteiger charge is -2.05. The SMILES string of the molecule is CCOCCCC(F)C(F)F. The normalized spacial score (nSPS) is 13.9. The Hall–Kier alpha value is -0.250. The predicted octanol–water partition coefficient (Wildman–Crippen LogP) is 2.41. The molecule has 0 aliphatic carbocycles. The second kappa shape index (κ2) is 6.46. The highest BCUT2D eigenvalue weighted by Crippen LogP contribution is 2.11. The first-order valence-electron chi connectivity index (χ1n) is 3.68. The van der Waals surface area contributed by atoms with Gasteiger partial charge in [-0.15, -0.1) is 0 Å². The molecule has 0 saturated carbocycles. The molecule has 68 valence electrons. The van der Waals surface area contributed by atoms with Gasteiger partial charge in [0.1, 0.15) is 0 Å². The van der Waals surface area contributed by atoms with Crippen molar-refractivity contribution < 1.29 is 17.9 Å². The summed E-state index contributed by atoms with van der Waals surface area (Å²) in [5, 5.41) is 0. The lowest BCUT2D eigenvalue weighted by atomic mass is 10.2. The summed E-state index contributed by atoms with van der Waals surface area (Å²) >= 11 is 0. The van der Waals surface area contributed by atoms with Gasteiger partial charge in [0, 0.05) is 13.2 Å². The Morgan fingerprint density at radius 2 is 1.91 bits per heavy atom. The summed E-state index contributed by atoms with van der Waals surface area (Å²) in [6.07, 6.45) is -4.59. The van der Waals surface area contributed by atoms with E-state index < -0.39 is 12.6 Å². The zero-order valence-corrected chi connectivity index (χ0v) is 6.53. The Morgan fingerprint density at radius 1 is 1.27 bits per heavy atom. The predicted molar refractivity (Wildman–Crippen MR) is 36.6 cm³/mol. The fraction of sp³-hybridized carbons (Fsp3) is 1.00. The van der Waals surface area contributed by atoms with Gasteiger partial charge in [0.05, 0.1) is 0 Å². The molecular weight excluding hydrogens is 157 g/mol. The summed E-state index contributed by atoms with van der Waals surface area (Å²) in [6, 6.07) is 0. The molecule has 1 nitrogen and oxygen atoms in total. The van der Waals surface area contributed by atoms with E-state index in [2.05, 4.69) is 0 Å².